The van der Waals surface area contributed by atoms with Crippen LogP contribution >= 0.6 is 12.4 Å². The number of aliphatic hydroxyl groups excluding tert-OH is 1. The summed E-state index contributed by atoms with van der Waals surface area (Å²) in [5.41, 5.74) is 6.84. The molecule has 2 atom stereocenters. The Morgan fingerprint density at radius 3 is 2.18 bits per heavy atom. The van der Waals surface area contributed by atoms with Gasteiger partial charge in [0.15, 0.2) is 0 Å². The van der Waals surface area contributed by atoms with Crippen molar-refractivity contribution in [1.29, 1.82) is 0 Å². The van der Waals surface area contributed by atoms with Crippen molar-refractivity contribution in [3.05, 3.63) is 66.2 Å². The maximum Gasteiger partial charge on any atom is 0.250 e. The molecule has 1 amide bonds. The maximum absolute atomic E-state index is 12.0. The lowest BCUT2D eigenvalue weighted by molar-refractivity contribution is -0.130. The van der Waals surface area contributed by atoms with Gasteiger partial charge in [0.25, 0.3) is 0 Å². The van der Waals surface area contributed by atoms with E-state index in [1.807, 2.05) is 30.3 Å². The van der Waals surface area contributed by atoms with Gasteiger partial charge in [0.1, 0.15) is 6.10 Å². The number of aliphatic hydroxyl groups is 1. The molecule has 0 saturated carbocycles. The molecule has 0 aliphatic rings. The second-order valence-electron chi connectivity index (χ2n) is 6.15. The predicted octanol–water partition coefficient (Wildman–Crippen LogP) is 0.824. The topological polar surface area (TPSA) is 122 Å². The number of hydrogen-bond acceptors (Lipinski definition) is 5. The summed E-state index contributed by atoms with van der Waals surface area (Å²) in [7, 11) is -3.56. The number of sulfonamides is 1. The molecule has 2 rings (SSSR count). The van der Waals surface area contributed by atoms with Crippen molar-refractivity contribution in [1.82, 2.24) is 10.0 Å². The lowest BCUT2D eigenvalue weighted by Crippen LogP contribution is -2.47. The minimum Gasteiger partial charge on any atom is -0.382 e. The Bertz CT molecular complexity index is 820. The fourth-order valence-corrected chi connectivity index (χ4v) is 3.58. The van der Waals surface area contributed by atoms with Crippen LogP contribution in [0.1, 0.15) is 12.0 Å². The van der Waals surface area contributed by atoms with Crippen LogP contribution in [0.5, 0.6) is 0 Å². The summed E-state index contributed by atoms with van der Waals surface area (Å²) in [5.74, 6) is -0.565. The molecule has 2 aromatic rings. The van der Waals surface area contributed by atoms with Crippen molar-refractivity contribution in [2.45, 2.75) is 29.9 Å². The summed E-state index contributed by atoms with van der Waals surface area (Å²) < 4.78 is 26.6. The van der Waals surface area contributed by atoms with Gasteiger partial charge >= 0.3 is 0 Å². The normalized spacial score (nSPS) is 13.2. The van der Waals surface area contributed by atoms with Crippen LogP contribution in [0.3, 0.4) is 0 Å². The first kappa shape index (κ1) is 24.1. The summed E-state index contributed by atoms with van der Waals surface area (Å²) in [6.45, 7) is 0.398. The fraction of sp³-hybridized carbons (Fsp3) is 0.316. The van der Waals surface area contributed by atoms with Crippen molar-refractivity contribution in [3.8, 4) is 0 Å². The van der Waals surface area contributed by atoms with E-state index in [4.69, 9.17) is 5.73 Å². The predicted molar refractivity (Wildman–Crippen MR) is 111 cm³/mol. The third kappa shape index (κ3) is 7.57. The zero-order valence-corrected chi connectivity index (χ0v) is 17.0. The highest BCUT2D eigenvalue weighted by Crippen LogP contribution is 2.07. The van der Waals surface area contributed by atoms with E-state index in [1.54, 1.807) is 18.2 Å². The van der Waals surface area contributed by atoms with Crippen LogP contribution in [0.25, 0.3) is 0 Å². The van der Waals surface area contributed by atoms with Gasteiger partial charge in [-0.3, -0.25) is 4.79 Å². The molecule has 2 unspecified atom stereocenters. The lowest BCUT2D eigenvalue weighted by atomic mass is 10.0. The number of amides is 1. The Kier molecular flexibility index (Phi) is 10.1. The van der Waals surface area contributed by atoms with E-state index in [1.165, 1.54) is 12.1 Å². The maximum atomic E-state index is 12.0. The molecule has 28 heavy (non-hydrogen) atoms. The first-order chi connectivity index (χ1) is 12.9. The zero-order chi connectivity index (χ0) is 19.7. The number of rotatable bonds is 10. The molecule has 0 radical (unpaired) electrons. The van der Waals surface area contributed by atoms with Crippen LogP contribution in [-0.2, 0) is 21.2 Å². The van der Waals surface area contributed by atoms with Crippen LogP contribution in [0.2, 0.25) is 0 Å². The van der Waals surface area contributed by atoms with Crippen molar-refractivity contribution in [2.75, 3.05) is 13.1 Å². The molecule has 5 N–H and O–H groups in total. The van der Waals surface area contributed by atoms with Crippen molar-refractivity contribution in [3.63, 3.8) is 0 Å². The first-order valence-corrected chi connectivity index (χ1v) is 10.2. The average molecular weight is 428 g/mol. The van der Waals surface area contributed by atoms with Crippen LogP contribution < -0.4 is 15.8 Å². The van der Waals surface area contributed by atoms with Crippen molar-refractivity contribution < 1.29 is 18.3 Å². The second kappa shape index (κ2) is 11.8. The lowest BCUT2D eigenvalue weighted by Gasteiger charge is -2.18. The third-order valence-corrected chi connectivity index (χ3v) is 5.46. The highest BCUT2D eigenvalue weighted by Gasteiger charge is 2.22. The monoisotopic (exact) mass is 427 g/mol. The van der Waals surface area contributed by atoms with E-state index in [2.05, 4.69) is 10.0 Å². The highest BCUT2D eigenvalue weighted by atomic mass is 35.5. The number of benzene rings is 2. The average Bonchev–Trinajstić information content (AvgIpc) is 2.68. The number of nitrogens with two attached hydrogens (primary N) is 1. The van der Waals surface area contributed by atoms with Gasteiger partial charge < -0.3 is 16.2 Å². The van der Waals surface area contributed by atoms with Crippen LogP contribution in [0.15, 0.2) is 65.6 Å². The van der Waals surface area contributed by atoms with Gasteiger partial charge in [-0.2, -0.15) is 0 Å². The Hall–Kier alpha value is -1.97. The molecule has 0 spiro atoms. The van der Waals surface area contributed by atoms with Gasteiger partial charge in [0.2, 0.25) is 15.9 Å². The molecule has 0 aliphatic heterocycles. The van der Waals surface area contributed by atoms with Crippen molar-refractivity contribution in [2.24, 2.45) is 5.73 Å². The summed E-state index contributed by atoms with van der Waals surface area (Å²) in [6.07, 6.45) is -0.559. The Morgan fingerprint density at radius 1 is 1.00 bits per heavy atom. The number of carbonyl (C=O) groups is 1. The SMILES string of the molecule is Cl.NC(Cc1ccccc1)C(O)C(=O)NCCCNS(=O)(=O)c1ccccc1. The molecule has 0 bridgehead atoms. The molecule has 154 valence electrons. The summed E-state index contributed by atoms with van der Waals surface area (Å²) >= 11 is 0. The molecule has 0 heterocycles. The van der Waals surface area contributed by atoms with Gasteiger partial charge in [-0.25, -0.2) is 13.1 Å². The van der Waals surface area contributed by atoms with Gasteiger partial charge in [0.05, 0.1) is 4.90 Å². The van der Waals surface area contributed by atoms with Crippen LogP contribution in [0.4, 0.5) is 0 Å². The van der Waals surface area contributed by atoms with Gasteiger partial charge in [-0.05, 0) is 30.5 Å². The molecular formula is C19H26ClN3O4S. The minimum atomic E-state index is -3.56. The van der Waals surface area contributed by atoms with Crippen LogP contribution in [-0.4, -0.2) is 44.7 Å². The smallest absolute Gasteiger partial charge is 0.250 e. The quantitative estimate of drug-likeness (QED) is 0.418. The Labute approximate surface area is 171 Å². The van der Waals surface area contributed by atoms with E-state index in [9.17, 15) is 18.3 Å². The number of hydrogen-bond donors (Lipinski definition) is 4. The van der Waals surface area contributed by atoms with Gasteiger partial charge in [-0.15, -0.1) is 12.4 Å². The highest BCUT2D eigenvalue weighted by molar-refractivity contribution is 7.89. The zero-order valence-electron chi connectivity index (χ0n) is 15.3. The molecule has 2 aromatic carbocycles. The molecular weight excluding hydrogens is 402 g/mol. The van der Waals surface area contributed by atoms with E-state index in [-0.39, 0.29) is 30.4 Å². The summed E-state index contributed by atoms with van der Waals surface area (Å²) in [6, 6.07) is 16.7. The van der Waals surface area contributed by atoms with Crippen LogP contribution in [0, 0.1) is 0 Å². The van der Waals surface area contributed by atoms with Crippen molar-refractivity contribution >= 4 is 28.3 Å². The summed E-state index contributed by atoms with van der Waals surface area (Å²) in [5, 5.41) is 12.6. The standard InChI is InChI=1S/C19H25N3O4S.ClH/c20-17(14-15-8-3-1-4-9-15)18(23)19(24)21-12-7-13-22-27(25,26)16-10-5-2-6-11-16;/h1-6,8-11,17-18,22-23H,7,12-14,20H2,(H,21,24);1H. The first-order valence-electron chi connectivity index (χ1n) is 8.70. The minimum absolute atomic E-state index is 0. The number of halogens is 1. The van der Waals surface area contributed by atoms with E-state index >= 15 is 0 Å². The molecule has 0 fully saturated rings. The third-order valence-electron chi connectivity index (χ3n) is 3.99. The van der Waals surface area contributed by atoms with Gasteiger partial charge in [0, 0.05) is 19.1 Å². The van der Waals surface area contributed by atoms with Gasteiger partial charge in [-0.1, -0.05) is 48.5 Å². The van der Waals surface area contributed by atoms with E-state index < -0.39 is 28.1 Å². The molecule has 0 aromatic heterocycles. The van der Waals surface area contributed by atoms with E-state index in [0.717, 1.165) is 5.56 Å². The molecule has 0 saturated heterocycles. The Morgan fingerprint density at radius 2 is 1.57 bits per heavy atom. The Balaban J connectivity index is 0.00000392. The fourth-order valence-electron chi connectivity index (χ4n) is 2.49. The molecule has 7 nitrogen and oxygen atoms in total. The number of carbonyl (C=O) groups excluding carboxylic acids is 1. The number of nitrogens with one attached hydrogen (secondary N) is 2. The summed E-state index contributed by atoms with van der Waals surface area (Å²) in [4.78, 5) is 12.2. The molecule has 0 aliphatic carbocycles. The van der Waals surface area contributed by atoms with E-state index in [0.29, 0.717) is 12.8 Å². The largest absolute Gasteiger partial charge is 0.382 e. The molecule has 9 heteroatoms. The second-order valence-corrected chi connectivity index (χ2v) is 7.92.